The lowest BCUT2D eigenvalue weighted by Gasteiger charge is -2.36. The molecule has 0 radical (unpaired) electrons. The minimum Gasteiger partial charge on any atom is -0.444 e. The van der Waals surface area contributed by atoms with Crippen molar-refractivity contribution in [3.8, 4) is 0 Å². The zero-order chi connectivity index (χ0) is 22.5. The van der Waals surface area contributed by atoms with Crippen molar-refractivity contribution in [2.75, 3.05) is 58.7 Å². The second kappa shape index (κ2) is 9.79. The fourth-order valence-corrected chi connectivity index (χ4v) is 3.38. The summed E-state index contributed by atoms with van der Waals surface area (Å²) in [7, 11) is -3.58. The Labute approximate surface area is 177 Å². The summed E-state index contributed by atoms with van der Waals surface area (Å²) in [5, 5.41) is 10.5. The molecular weight excluding hydrogens is 418 g/mol. The third-order valence-electron chi connectivity index (χ3n) is 4.41. The van der Waals surface area contributed by atoms with E-state index in [1.54, 1.807) is 25.7 Å². The van der Waals surface area contributed by atoms with Gasteiger partial charge in [0, 0.05) is 39.3 Å². The lowest BCUT2D eigenvalue weighted by molar-refractivity contribution is 0.0552. The molecule has 1 atom stereocenters. The number of piperazine rings is 1. The van der Waals surface area contributed by atoms with Crippen LogP contribution in [0.3, 0.4) is 0 Å². The first-order chi connectivity index (χ1) is 13.8. The molecule has 2 saturated heterocycles. The number of nitrogens with one attached hydrogen (secondary N) is 2. The topological polar surface area (TPSA) is 142 Å². The fourth-order valence-electron chi connectivity index (χ4n) is 2.98. The Morgan fingerprint density at radius 1 is 1.23 bits per heavy atom. The van der Waals surface area contributed by atoms with Crippen LogP contribution in [-0.4, -0.2) is 112 Å². The number of carbonyl (C=O) groups excluding carboxylic acids is 2. The fraction of sp³-hybridized carbons (Fsp3) is 0.824. The Morgan fingerprint density at radius 2 is 1.87 bits per heavy atom. The molecule has 172 valence electrons. The summed E-state index contributed by atoms with van der Waals surface area (Å²) in [6.45, 7) is 8.88. The molecule has 2 heterocycles. The molecule has 1 unspecified atom stereocenters. The molecule has 2 aliphatic heterocycles. The summed E-state index contributed by atoms with van der Waals surface area (Å²) in [6, 6.07) is 0. The quantitative estimate of drug-likeness (QED) is 0.322. The maximum absolute atomic E-state index is 11.9. The first kappa shape index (κ1) is 24.2. The highest BCUT2D eigenvalue weighted by Crippen LogP contribution is 2.13. The number of cyclic esters (lactones) is 1. The van der Waals surface area contributed by atoms with Gasteiger partial charge in [-0.25, -0.2) is 9.59 Å². The van der Waals surface area contributed by atoms with Crippen molar-refractivity contribution >= 4 is 28.3 Å². The molecule has 2 rings (SSSR count). The maximum Gasteiger partial charge on any atom is 0.414 e. The number of nitrogens with zero attached hydrogens (tertiary/aromatic N) is 3. The molecule has 2 fully saturated rings. The molecule has 0 aliphatic carbocycles. The number of hydrogen-bond acceptors (Lipinski definition) is 9. The number of rotatable bonds is 6. The molecule has 0 saturated carbocycles. The van der Waals surface area contributed by atoms with E-state index in [0.717, 1.165) is 6.26 Å². The third-order valence-corrected chi connectivity index (χ3v) is 4.98. The minimum absolute atomic E-state index is 0.000684. The first-order valence-electron chi connectivity index (χ1n) is 9.68. The Bertz CT molecular complexity index is 744. The van der Waals surface area contributed by atoms with E-state index in [1.165, 1.54) is 4.90 Å². The first-order valence-corrected chi connectivity index (χ1v) is 11.5. The molecule has 0 aromatic rings. The number of alkyl carbamates (subject to hydrolysis) is 1. The van der Waals surface area contributed by atoms with Gasteiger partial charge in [-0.2, -0.15) is 8.42 Å². The van der Waals surface area contributed by atoms with E-state index in [-0.39, 0.29) is 19.1 Å². The van der Waals surface area contributed by atoms with Crippen molar-refractivity contribution < 1.29 is 31.7 Å². The van der Waals surface area contributed by atoms with Crippen LogP contribution in [-0.2, 0) is 23.8 Å². The van der Waals surface area contributed by atoms with Crippen molar-refractivity contribution in [3.05, 3.63) is 0 Å². The Kier molecular flexibility index (Phi) is 7.88. The monoisotopic (exact) mass is 449 g/mol. The average molecular weight is 450 g/mol. The summed E-state index contributed by atoms with van der Waals surface area (Å²) in [5.74, 6) is 0.000684. The molecule has 12 nitrogen and oxygen atoms in total. The molecule has 2 amide bonds. The lowest BCUT2D eigenvalue weighted by Crippen LogP contribution is -2.54. The van der Waals surface area contributed by atoms with Crippen LogP contribution < -0.4 is 5.32 Å². The molecular formula is C17H31N5O7S. The molecule has 0 bridgehead atoms. The van der Waals surface area contributed by atoms with Crippen LogP contribution in [0.15, 0.2) is 0 Å². The highest BCUT2D eigenvalue weighted by Gasteiger charge is 2.32. The van der Waals surface area contributed by atoms with Crippen molar-refractivity contribution in [2.24, 2.45) is 0 Å². The zero-order valence-electron chi connectivity index (χ0n) is 17.8. The van der Waals surface area contributed by atoms with Gasteiger partial charge >= 0.3 is 12.2 Å². The largest absolute Gasteiger partial charge is 0.444 e. The van der Waals surface area contributed by atoms with Gasteiger partial charge in [-0.15, -0.1) is 0 Å². The van der Waals surface area contributed by atoms with Crippen LogP contribution in [0.2, 0.25) is 0 Å². The predicted molar refractivity (Wildman–Crippen MR) is 108 cm³/mol. The number of hydrogen-bond donors (Lipinski definition) is 2. The Balaban J connectivity index is 1.68. The van der Waals surface area contributed by atoms with Crippen molar-refractivity contribution in [3.63, 3.8) is 0 Å². The van der Waals surface area contributed by atoms with Gasteiger partial charge < -0.3 is 19.3 Å². The van der Waals surface area contributed by atoms with E-state index >= 15 is 0 Å². The molecule has 30 heavy (non-hydrogen) atoms. The van der Waals surface area contributed by atoms with Gasteiger partial charge in [0.2, 0.25) is 5.96 Å². The summed E-state index contributed by atoms with van der Waals surface area (Å²) in [4.78, 5) is 29.1. The van der Waals surface area contributed by atoms with Crippen LogP contribution in [0, 0.1) is 5.41 Å². The smallest absolute Gasteiger partial charge is 0.414 e. The van der Waals surface area contributed by atoms with Gasteiger partial charge in [0.05, 0.1) is 12.8 Å². The SMILES string of the molecule is CC(C)(C)OC(=O)NC(=N)N1CCN(CCN2CC(COS(C)(=O)=O)OC2=O)CC1. The molecule has 2 N–H and O–H groups in total. The highest BCUT2D eigenvalue weighted by atomic mass is 32.2. The number of carbonyl (C=O) groups is 2. The summed E-state index contributed by atoms with van der Waals surface area (Å²) >= 11 is 0. The maximum atomic E-state index is 11.9. The van der Waals surface area contributed by atoms with E-state index in [1.807, 2.05) is 0 Å². The molecule has 0 spiro atoms. The zero-order valence-corrected chi connectivity index (χ0v) is 18.7. The van der Waals surface area contributed by atoms with Gasteiger partial charge in [-0.05, 0) is 20.8 Å². The van der Waals surface area contributed by atoms with Gasteiger partial charge in [0.15, 0.2) is 0 Å². The van der Waals surface area contributed by atoms with Crippen molar-refractivity contribution in [2.45, 2.75) is 32.5 Å². The Hall–Kier alpha value is -2.12. The van der Waals surface area contributed by atoms with Crippen LogP contribution in [0.1, 0.15) is 20.8 Å². The van der Waals surface area contributed by atoms with Crippen LogP contribution >= 0.6 is 0 Å². The normalized spacial score (nSPS) is 20.8. The second-order valence-electron chi connectivity index (χ2n) is 8.24. The van der Waals surface area contributed by atoms with Crippen molar-refractivity contribution in [1.29, 1.82) is 5.41 Å². The molecule has 0 aromatic heterocycles. The number of ether oxygens (including phenoxy) is 2. The molecule has 0 aromatic carbocycles. The van der Waals surface area contributed by atoms with Gasteiger partial charge in [-0.1, -0.05) is 0 Å². The average Bonchev–Trinajstić information content (AvgIpc) is 2.96. The molecule has 13 heteroatoms. The number of guanidine groups is 1. The molecule has 2 aliphatic rings. The van der Waals surface area contributed by atoms with Gasteiger partial charge in [-0.3, -0.25) is 19.8 Å². The standard InChI is InChI=1S/C17H31N5O7S/c1-17(2,3)29-15(23)19-14(18)21-8-5-20(6-9-21)7-10-22-11-13(28-16(22)24)12-27-30(4,25)26/h13H,5-12H2,1-4H3,(H2,18,19,23). The van der Waals surface area contributed by atoms with E-state index in [0.29, 0.717) is 39.3 Å². The van der Waals surface area contributed by atoms with Gasteiger partial charge in [0.25, 0.3) is 10.1 Å². The van der Waals surface area contributed by atoms with E-state index in [2.05, 4.69) is 14.4 Å². The van der Waals surface area contributed by atoms with Crippen LogP contribution in [0.5, 0.6) is 0 Å². The minimum atomic E-state index is -3.58. The Morgan fingerprint density at radius 3 is 2.43 bits per heavy atom. The second-order valence-corrected chi connectivity index (χ2v) is 9.89. The van der Waals surface area contributed by atoms with E-state index in [4.69, 9.17) is 14.9 Å². The summed E-state index contributed by atoms with van der Waals surface area (Å²) in [5.41, 5.74) is -0.629. The van der Waals surface area contributed by atoms with Crippen LogP contribution in [0.25, 0.3) is 0 Å². The predicted octanol–water partition coefficient (Wildman–Crippen LogP) is -0.140. The van der Waals surface area contributed by atoms with Crippen LogP contribution in [0.4, 0.5) is 9.59 Å². The van der Waals surface area contributed by atoms with E-state index in [9.17, 15) is 18.0 Å². The lowest BCUT2D eigenvalue weighted by atomic mass is 10.2. The third kappa shape index (κ3) is 8.32. The summed E-state index contributed by atoms with van der Waals surface area (Å²) < 4.78 is 37.0. The highest BCUT2D eigenvalue weighted by molar-refractivity contribution is 7.85. The summed E-state index contributed by atoms with van der Waals surface area (Å²) in [6.07, 6.45) is -0.802. The van der Waals surface area contributed by atoms with Gasteiger partial charge in [0.1, 0.15) is 18.3 Å². The van der Waals surface area contributed by atoms with Crippen molar-refractivity contribution in [1.82, 2.24) is 20.0 Å². The van der Waals surface area contributed by atoms with E-state index < -0.39 is 34.0 Å². The number of amides is 2.